The van der Waals surface area contributed by atoms with E-state index < -0.39 is 11.2 Å². The van der Waals surface area contributed by atoms with Gasteiger partial charge in [0.2, 0.25) is 5.82 Å². The van der Waals surface area contributed by atoms with Crippen LogP contribution < -0.4 is 11.2 Å². The van der Waals surface area contributed by atoms with Gasteiger partial charge < -0.3 is 20.0 Å². The van der Waals surface area contributed by atoms with Crippen molar-refractivity contribution >= 4 is 6.41 Å². The first-order valence-corrected chi connectivity index (χ1v) is 15.3. The molecule has 0 radical (unpaired) electrons. The van der Waals surface area contributed by atoms with E-state index >= 15 is 0 Å². The van der Waals surface area contributed by atoms with Gasteiger partial charge in [-0.3, -0.25) is 14.3 Å². The molecule has 0 unspecified atom stereocenters. The molecule has 236 valence electrons. The summed E-state index contributed by atoms with van der Waals surface area (Å²) in [5, 5.41) is 4.71. The zero-order valence-corrected chi connectivity index (χ0v) is 30.9. The quantitative estimate of drug-likeness (QED) is 0.198. The number of hydrogen-bond donors (Lipinski definition) is 0. The first-order chi connectivity index (χ1) is 21.1. The van der Waals surface area contributed by atoms with Crippen LogP contribution in [0.5, 0.6) is 0 Å². The van der Waals surface area contributed by atoms with Crippen molar-refractivity contribution in [1.82, 2.24) is 34.1 Å². The van der Waals surface area contributed by atoms with Crippen LogP contribution in [0.4, 0.5) is 0 Å². The molecule has 0 bridgehead atoms. The number of fused-ring (bicyclic) bond motifs is 1. The number of rotatable bonds is 7. The Morgan fingerprint density at radius 1 is 0.956 bits per heavy atom. The fourth-order valence-corrected chi connectivity index (χ4v) is 5.79. The van der Waals surface area contributed by atoms with Gasteiger partial charge in [-0.1, -0.05) is 37.1 Å². The smallest absolute Gasteiger partial charge is 0.520 e. The molecule has 2 fully saturated rings. The number of likely N-dealkylation sites (tertiary alicyclic amines) is 1. The maximum atomic E-state index is 12.9. The Balaban J connectivity index is 0.000000871. The fraction of sp³-hybridized carbons (Fsp3) is 0.485. The van der Waals surface area contributed by atoms with Crippen molar-refractivity contribution in [2.24, 2.45) is 7.05 Å². The van der Waals surface area contributed by atoms with Gasteiger partial charge in [-0.05, 0) is 50.4 Å². The van der Waals surface area contributed by atoms with E-state index in [-0.39, 0.29) is 54.7 Å². The number of aromatic nitrogens is 5. The van der Waals surface area contributed by atoms with E-state index in [0.29, 0.717) is 17.3 Å². The second kappa shape index (κ2) is 15.5. The average molecular weight is 838 g/mol. The standard InChI is InChI=1S/C29H32N7O4.C4H9.U/c1-33(18-37)21-13-15-35(16-14-21)17-19-7-9-20(10-8-19)23-11-12-24(40-23)26-30-25-27(31-29(39)34(2)28(25)38)36(32-26)22-5-3-4-6-22;1-4(2)3;/h7-12,21-22H,3-6,13-17H2,1-2H3;1-3H3;/q2*-1;+2. The number of amides is 1. The minimum atomic E-state index is -0.613. The van der Waals surface area contributed by atoms with E-state index in [1.165, 1.54) is 18.5 Å². The van der Waals surface area contributed by atoms with Gasteiger partial charge in [-0.15, -0.1) is 5.10 Å². The third-order valence-corrected chi connectivity index (χ3v) is 8.24. The number of carbonyl (C=O) groups excluding carboxylic acids is 1. The molecule has 1 saturated carbocycles. The van der Waals surface area contributed by atoms with Crippen molar-refractivity contribution in [1.29, 1.82) is 0 Å². The summed E-state index contributed by atoms with van der Waals surface area (Å²) in [4.78, 5) is 48.8. The average Bonchev–Trinajstić information content (AvgIpc) is 3.73. The molecule has 1 aromatic heterocycles. The van der Waals surface area contributed by atoms with Crippen LogP contribution in [-0.2, 0) is 18.4 Å². The Morgan fingerprint density at radius 3 is 2.20 bits per heavy atom. The van der Waals surface area contributed by atoms with E-state index in [9.17, 15) is 14.4 Å². The fourth-order valence-electron chi connectivity index (χ4n) is 5.79. The molecule has 12 heteroatoms. The van der Waals surface area contributed by atoms with Gasteiger partial charge in [0.05, 0.1) is 6.04 Å². The van der Waals surface area contributed by atoms with Crippen LogP contribution in [0.1, 0.15) is 70.9 Å². The third kappa shape index (κ3) is 8.21. The van der Waals surface area contributed by atoms with Gasteiger partial charge >= 0.3 is 36.8 Å². The van der Waals surface area contributed by atoms with Crippen LogP contribution in [0.2, 0.25) is 0 Å². The molecule has 2 aromatic rings. The van der Waals surface area contributed by atoms with Gasteiger partial charge in [-0.2, -0.15) is 32.2 Å². The van der Waals surface area contributed by atoms with Gasteiger partial charge in [0.1, 0.15) is 5.76 Å². The zero-order valence-electron chi connectivity index (χ0n) is 26.7. The minimum absolute atomic E-state index is 0. The molecule has 0 atom stereocenters. The van der Waals surface area contributed by atoms with Crippen LogP contribution in [-0.4, -0.2) is 66.7 Å². The van der Waals surface area contributed by atoms with Crippen molar-refractivity contribution < 1.29 is 40.3 Å². The van der Waals surface area contributed by atoms with Crippen LogP contribution in [0.15, 0.2) is 50.4 Å². The first-order valence-electron chi connectivity index (χ1n) is 15.3. The Labute approximate surface area is 287 Å². The molecule has 3 aliphatic heterocycles. The summed E-state index contributed by atoms with van der Waals surface area (Å²) >= 11 is 0. The van der Waals surface area contributed by atoms with Crippen molar-refractivity contribution in [3.05, 3.63) is 68.7 Å². The zero-order chi connectivity index (χ0) is 31.4. The van der Waals surface area contributed by atoms with E-state index in [1.807, 2.05) is 24.6 Å². The van der Waals surface area contributed by atoms with Gasteiger partial charge in [-0.25, -0.2) is 14.5 Å². The maximum absolute atomic E-state index is 12.9. The van der Waals surface area contributed by atoms with Crippen molar-refractivity contribution in [3.63, 3.8) is 0 Å². The molecule has 0 spiro atoms. The molecule has 0 N–H and O–H groups in total. The molecule has 6 rings (SSSR count). The van der Waals surface area contributed by atoms with E-state index in [4.69, 9.17) is 9.52 Å². The molecular formula is C33H41N7O4U. The summed E-state index contributed by atoms with van der Waals surface area (Å²) in [7, 11) is 3.20. The maximum Gasteiger partial charge on any atom is 2.00 e. The molecule has 1 saturated heterocycles. The number of furan rings is 1. The molecule has 1 aliphatic carbocycles. The van der Waals surface area contributed by atoms with Crippen molar-refractivity contribution in [2.45, 2.75) is 77.9 Å². The molecule has 4 aliphatic rings. The SMILES string of the molecule is CN([C-]=O)C1CCN(Cc2ccc(-c3ccc(-c4nc5c(=O)n(C)c(=O)nc-5n(C5CCCC5)n4)o3)cc2)CC1.C[C-](C)C.[U+2]. The number of benzene rings is 1. The van der Waals surface area contributed by atoms with E-state index in [1.54, 1.807) is 22.7 Å². The van der Waals surface area contributed by atoms with Crippen molar-refractivity contribution in [2.75, 3.05) is 20.1 Å². The van der Waals surface area contributed by atoms with E-state index in [2.05, 4.69) is 47.8 Å². The van der Waals surface area contributed by atoms with Crippen LogP contribution in [0, 0.1) is 37.0 Å². The number of piperidine rings is 1. The summed E-state index contributed by atoms with van der Waals surface area (Å²) in [5.41, 5.74) is 1.14. The molecule has 1 amide bonds. The topological polar surface area (TPSA) is 119 Å². The summed E-state index contributed by atoms with van der Waals surface area (Å²) in [6, 6.07) is 12.3. The normalized spacial score (nSPS) is 16.0. The van der Waals surface area contributed by atoms with Gasteiger partial charge in [0, 0.05) is 38.3 Å². The molecular weight excluding hydrogens is 796 g/mol. The van der Waals surface area contributed by atoms with Crippen LogP contribution in [0.25, 0.3) is 34.4 Å². The molecule has 11 nitrogen and oxygen atoms in total. The Bertz CT molecular complexity index is 1650. The van der Waals surface area contributed by atoms with Crippen molar-refractivity contribution in [3.8, 4) is 34.4 Å². The third-order valence-electron chi connectivity index (χ3n) is 8.24. The predicted molar refractivity (Wildman–Crippen MR) is 169 cm³/mol. The Kier molecular flexibility index (Phi) is 12.0. The number of hydrogen-bond acceptors (Lipinski definition) is 8. The second-order valence-corrected chi connectivity index (χ2v) is 12.3. The Hall–Kier alpha value is -3.07. The summed E-state index contributed by atoms with van der Waals surface area (Å²) in [6.07, 6.45) is 7.82. The van der Waals surface area contributed by atoms with Gasteiger partial charge in [0.25, 0.3) is 5.56 Å². The Morgan fingerprint density at radius 2 is 1.58 bits per heavy atom. The van der Waals surface area contributed by atoms with Gasteiger partial charge in [0.15, 0.2) is 17.3 Å². The van der Waals surface area contributed by atoms with E-state index in [0.717, 1.165) is 68.3 Å². The summed E-state index contributed by atoms with van der Waals surface area (Å²) in [5.74, 6) is 3.06. The predicted octanol–water partition coefficient (Wildman–Crippen LogP) is 4.46. The number of nitrogens with zero attached hydrogens (tertiary/aromatic N) is 7. The minimum Gasteiger partial charge on any atom is -0.520 e. The molecule has 4 heterocycles. The van der Waals surface area contributed by atoms with Crippen LogP contribution >= 0.6 is 0 Å². The van der Waals surface area contributed by atoms with Crippen LogP contribution in [0.3, 0.4) is 0 Å². The molecule has 45 heavy (non-hydrogen) atoms. The first kappa shape index (κ1) is 34.8. The summed E-state index contributed by atoms with van der Waals surface area (Å²) in [6.45, 7) is 8.99. The second-order valence-electron chi connectivity index (χ2n) is 12.3. The summed E-state index contributed by atoms with van der Waals surface area (Å²) < 4.78 is 8.84. The molecule has 1 aromatic carbocycles. The monoisotopic (exact) mass is 837 g/mol. The largest absolute Gasteiger partial charge is 2.00 e.